The van der Waals surface area contributed by atoms with Crippen molar-refractivity contribution in [2.75, 3.05) is 6.54 Å². The molecule has 3 aromatic rings. The van der Waals surface area contributed by atoms with Gasteiger partial charge in [-0.05, 0) is 18.0 Å². The Morgan fingerprint density at radius 3 is 3.20 bits per heavy atom. The van der Waals surface area contributed by atoms with Crippen molar-refractivity contribution in [3.63, 3.8) is 0 Å². The molecule has 3 aromatic heterocycles. The number of hydrogen-bond donors (Lipinski definition) is 1. The minimum atomic E-state index is 0.427. The van der Waals surface area contributed by atoms with Gasteiger partial charge in [0.15, 0.2) is 0 Å². The highest BCUT2D eigenvalue weighted by Crippen LogP contribution is 2.18. The van der Waals surface area contributed by atoms with E-state index in [1.165, 1.54) is 0 Å². The number of aromatic nitrogens is 5. The molecule has 7 nitrogen and oxygen atoms in total. The molecule has 0 saturated heterocycles. The van der Waals surface area contributed by atoms with Gasteiger partial charge >= 0.3 is 0 Å². The molecule has 0 aliphatic rings. The van der Waals surface area contributed by atoms with Gasteiger partial charge in [-0.15, -0.1) is 5.10 Å². The van der Waals surface area contributed by atoms with Crippen molar-refractivity contribution >= 4 is 11.3 Å². The molecule has 0 aliphatic heterocycles. The zero-order valence-electron chi connectivity index (χ0n) is 11.0. The first kappa shape index (κ1) is 12.9. The zero-order chi connectivity index (χ0) is 13.8. The molecule has 8 heteroatoms. The second-order valence-corrected chi connectivity index (χ2v) is 4.99. The summed E-state index contributed by atoms with van der Waals surface area (Å²) in [6, 6.07) is 1.96. The van der Waals surface area contributed by atoms with E-state index in [0.717, 1.165) is 17.8 Å². The van der Waals surface area contributed by atoms with E-state index in [-0.39, 0.29) is 0 Å². The Kier molecular flexibility index (Phi) is 3.84. The molecule has 0 aromatic carbocycles. The molecule has 0 unspecified atom stereocenters. The van der Waals surface area contributed by atoms with E-state index in [1.54, 1.807) is 16.0 Å². The number of rotatable bonds is 6. The van der Waals surface area contributed by atoms with Crippen LogP contribution in [0.2, 0.25) is 0 Å². The maximum atomic E-state index is 5.22. The van der Waals surface area contributed by atoms with E-state index in [1.807, 2.05) is 23.0 Å². The fourth-order valence-corrected chi connectivity index (χ4v) is 2.35. The van der Waals surface area contributed by atoms with Crippen LogP contribution in [0.1, 0.15) is 18.5 Å². The lowest BCUT2D eigenvalue weighted by Crippen LogP contribution is -2.11. The number of nitrogens with zero attached hydrogens (tertiary/aromatic N) is 5. The summed E-state index contributed by atoms with van der Waals surface area (Å²) in [7, 11) is 0. The predicted octanol–water partition coefficient (Wildman–Crippen LogP) is 1.55. The maximum absolute atomic E-state index is 5.22. The highest BCUT2D eigenvalue weighted by atomic mass is 32.1. The lowest BCUT2D eigenvalue weighted by Gasteiger charge is -1.94. The van der Waals surface area contributed by atoms with Gasteiger partial charge in [-0.1, -0.05) is 17.3 Å². The molecule has 3 rings (SSSR count). The smallest absolute Gasteiger partial charge is 0.248 e. The van der Waals surface area contributed by atoms with Crippen LogP contribution in [0.4, 0.5) is 0 Å². The van der Waals surface area contributed by atoms with Crippen LogP contribution in [-0.2, 0) is 13.1 Å². The Morgan fingerprint density at radius 1 is 1.45 bits per heavy atom. The molecule has 3 heterocycles. The molecule has 1 N–H and O–H groups in total. The molecule has 0 bridgehead atoms. The van der Waals surface area contributed by atoms with E-state index in [2.05, 4.69) is 32.7 Å². The maximum Gasteiger partial charge on any atom is 0.248 e. The topological polar surface area (TPSA) is 81.7 Å². The van der Waals surface area contributed by atoms with Crippen molar-refractivity contribution < 1.29 is 4.52 Å². The summed E-state index contributed by atoms with van der Waals surface area (Å²) in [6.07, 6.45) is 1.87. The normalized spacial score (nSPS) is 11.1. The Hall–Kier alpha value is -2.06. The van der Waals surface area contributed by atoms with Gasteiger partial charge in [0.05, 0.1) is 11.9 Å². The molecule has 0 radical (unpaired) electrons. The second-order valence-electron chi connectivity index (χ2n) is 4.21. The van der Waals surface area contributed by atoms with Crippen molar-refractivity contribution in [2.24, 2.45) is 0 Å². The Morgan fingerprint density at radius 2 is 2.40 bits per heavy atom. The molecule has 0 fully saturated rings. The number of hydrogen-bond acceptors (Lipinski definition) is 7. The Bertz CT molecular complexity index is 659. The van der Waals surface area contributed by atoms with E-state index in [9.17, 15) is 0 Å². The van der Waals surface area contributed by atoms with E-state index in [4.69, 9.17) is 4.52 Å². The molecule has 0 spiro atoms. The third kappa shape index (κ3) is 2.91. The number of thiophene rings is 1. The minimum Gasteiger partial charge on any atom is -0.337 e. The standard InChI is InChI=1S/C12H14N6OS/c1-2-13-5-10-6-18(17-15-10)7-11-14-12(16-19-11)9-3-4-20-8-9/h3-4,6,8,13H,2,5,7H2,1H3. The monoisotopic (exact) mass is 290 g/mol. The van der Waals surface area contributed by atoms with Crippen molar-refractivity contribution in [1.29, 1.82) is 0 Å². The molecule has 20 heavy (non-hydrogen) atoms. The minimum absolute atomic E-state index is 0.427. The van der Waals surface area contributed by atoms with Crippen LogP contribution in [0.25, 0.3) is 11.4 Å². The SMILES string of the molecule is CCNCc1cn(Cc2nc(-c3ccsc3)no2)nn1. The van der Waals surface area contributed by atoms with Gasteiger partial charge in [-0.3, -0.25) is 0 Å². The fraction of sp³-hybridized carbons (Fsp3) is 0.333. The number of nitrogens with one attached hydrogen (secondary N) is 1. The van der Waals surface area contributed by atoms with Gasteiger partial charge in [0, 0.05) is 17.5 Å². The molecule has 0 aliphatic carbocycles. The van der Waals surface area contributed by atoms with Crippen molar-refractivity contribution in [3.8, 4) is 11.4 Å². The van der Waals surface area contributed by atoms with Gasteiger partial charge in [0.2, 0.25) is 11.7 Å². The third-order valence-electron chi connectivity index (χ3n) is 2.69. The summed E-state index contributed by atoms with van der Waals surface area (Å²) in [6.45, 7) is 4.09. The Labute approximate surface area is 119 Å². The molecular formula is C12H14N6OS. The highest BCUT2D eigenvalue weighted by molar-refractivity contribution is 7.08. The van der Waals surface area contributed by atoms with Gasteiger partial charge in [-0.2, -0.15) is 16.3 Å². The van der Waals surface area contributed by atoms with Crippen LogP contribution in [0, 0.1) is 0 Å². The first-order valence-electron chi connectivity index (χ1n) is 6.30. The largest absolute Gasteiger partial charge is 0.337 e. The Balaban J connectivity index is 1.67. The second kappa shape index (κ2) is 5.93. The summed E-state index contributed by atoms with van der Waals surface area (Å²) in [5.74, 6) is 1.13. The van der Waals surface area contributed by atoms with Crippen molar-refractivity contribution in [3.05, 3.63) is 34.6 Å². The lowest BCUT2D eigenvalue weighted by molar-refractivity contribution is 0.364. The highest BCUT2D eigenvalue weighted by Gasteiger charge is 2.10. The summed E-state index contributed by atoms with van der Waals surface area (Å²) in [5, 5.41) is 19.2. The lowest BCUT2D eigenvalue weighted by atomic mass is 10.3. The summed E-state index contributed by atoms with van der Waals surface area (Å²) >= 11 is 1.60. The van der Waals surface area contributed by atoms with E-state index >= 15 is 0 Å². The van der Waals surface area contributed by atoms with Gasteiger partial charge in [0.25, 0.3) is 0 Å². The zero-order valence-corrected chi connectivity index (χ0v) is 11.8. The van der Waals surface area contributed by atoms with Crippen LogP contribution in [0.15, 0.2) is 27.5 Å². The first-order chi connectivity index (χ1) is 9.85. The third-order valence-corrected chi connectivity index (χ3v) is 3.37. The molecular weight excluding hydrogens is 276 g/mol. The summed E-state index contributed by atoms with van der Waals surface area (Å²) < 4.78 is 6.91. The molecule has 0 saturated carbocycles. The van der Waals surface area contributed by atoms with E-state index in [0.29, 0.717) is 24.8 Å². The average molecular weight is 290 g/mol. The van der Waals surface area contributed by atoms with Crippen molar-refractivity contribution in [2.45, 2.75) is 20.0 Å². The molecule has 104 valence electrons. The average Bonchev–Trinajstić information content (AvgIpc) is 3.18. The van der Waals surface area contributed by atoms with Crippen LogP contribution >= 0.6 is 11.3 Å². The van der Waals surface area contributed by atoms with Gasteiger partial charge in [-0.25, -0.2) is 4.68 Å². The quantitative estimate of drug-likeness (QED) is 0.741. The molecule has 0 amide bonds. The van der Waals surface area contributed by atoms with Crippen LogP contribution in [0.5, 0.6) is 0 Å². The molecule has 0 atom stereocenters. The van der Waals surface area contributed by atoms with Crippen LogP contribution in [-0.4, -0.2) is 31.7 Å². The van der Waals surface area contributed by atoms with E-state index < -0.39 is 0 Å². The summed E-state index contributed by atoms with van der Waals surface area (Å²) in [4.78, 5) is 4.34. The first-order valence-corrected chi connectivity index (χ1v) is 7.24. The fourth-order valence-electron chi connectivity index (χ4n) is 1.72. The van der Waals surface area contributed by atoms with Crippen molar-refractivity contribution in [1.82, 2.24) is 30.5 Å². The van der Waals surface area contributed by atoms with Crippen LogP contribution in [0.3, 0.4) is 0 Å². The van der Waals surface area contributed by atoms with Gasteiger partial charge < -0.3 is 9.84 Å². The van der Waals surface area contributed by atoms with Gasteiger partial charge in [0.1, 0.15) is 6.54 Å². The summed E-state index contributed by atoms with van der Waals surface area (Å²) in [5.41, 5.74) is 1.86. The predicted molar refractivity (Wildman–Crippen MR) is 74.1 cm³/mol. The van der Waals surface area contributed by atoms with Crippen LogP contribution < -0.4 is 5.32 Å².